The molecule has 0 spiro atoms. The fourth-order valence-corrected chi connectivity index (χ4v) is 2.01. The molecule has 2 aromatic rings. The number of aromatic nitrogens is 1. The molecule has 1 aromatic carbocycles. The van der Waals surface area contributed by atoms with Gasteiger partial charge in [-0.25, -0.2) is 4.98 Å². The van der Waals surface area contributed by atoms with E-state index in [4.69, 9.17) is 5.73 Å². The number of nitrogens with zero attached hydrogens (tertiary/aromatic N) is 1. The quantitative estimate of drug-likeness (QED) is 0.810. The minimum Gasteiger partial charge on any atom is -0.383 e. The summed E-state index contributed by atoms with van der Waals surface area (Å²) >= 11 is 6.83. The molecule has 0 aliphatic rings. The van der Waals surface area contributed by atoms with E-state index >= 15 is 0 Å². The summed E-state index contributed by atoms with van der Waals surface area (Å²) in [5, 5.41) is 1.06. The van der Waals surface area contributed by atoms with E-state index < -0.39 is 0 Å². The Kier molecular flexibility index (Phi) is 2.26. The van der Waals surface area contributed by atoms with E-state index in [1.807, 2.05) is 24.3 Å². The van der Waals surface area contributed by atoms with Gasteiger partial charge in [0.05, 0.1) is 9.99 Å². The number of anilines is 1. The Morgan fingerprint density at radius 2 is 1.77 bits per heavy atom. The molecule has 0 bridgehead atoms. The highest BCUT2D eigenvalue weighted by Gasteiger charge is 2.07. The van der Waals surface area contributed by atoms with Crippen molar-refractivity contribution in [2.75, 3.05) is 5.73 Å². The van der Waals surface area contributed by atoms with Crippen LogP contribution in [0.3, 0.4) is 0 Å². The topological polar surface area (TPSA) is 38.9 Å². The second-order valence-electron chi connectivity index (χ2n) is 2.64. The third-order valence-corrected chi connectivity index (χ3v) is 3.96. The predicted molar refractivity (Wildman–Crippen MR) is 61.6 cm³/mol. The Morgan fingerprint density at radius 3 is 2.54 bits per heavy atom. The van der Waals surface area contributed by atoms with E-state index in [1.165, 1.54) is 0 Å². The monoisotopic (exact) mass is 300 g/mol. The lowest BCUT2D eigenvalue weighted by Crippen LogP contribution is -1.93. The van der Waals surface area contributed by atoms with Crippen LogP contribution in [0.4, 0.5) is 5.82 Å². The van der Waals surface area contributed by atoms with Crippen molar-refractivity contribution < 1.29 is 0 Å². The molecule has 0 fully saturated rings. The smallest absolute Gasteiger partial charge is 0.139 e. The van der Waals surface area contributed by atoms with Crippen LogP contribution in [-0.4, -0.2) is 4.98 Å². The van der Waals surface area contributed by atoms with Gasteiger partial charge in [0.25, 0.3) is 0 Å². The highest BCUT2D eigenvalue weighted by molar-refractivity contribution is 9.13. The molecule has 4 heteroatoms. The van der Waals surface area contributed by atoms with Gasteiger partial charge in [0.1, 0.15) is 5.82 Å². The fourth-order valence-electron chi connectivity index (χ4n) is 1.17. The maximum atomic E-state index is 5.70. The summed E-state index contributed by atoms with van der Waals surface area (Å²) in [6.07, 6.45) is 0. The van der Waals surface area contributed by atoms with Crippen molar-refractivity contribution in [3.8, 4) is 0 Å². The number of benzene rings is 1. The Morgan fingerprint density at radius 1 is 1.08 bits per heavy atom. The lowest BCUT2D eigenvalue weighted by Gasteiger charge is -2.04. The minimum atomic E-state index is 0.505. The van der Waals surface area contributed by atoms with Crippen molar-refractivity contribution in [1.82, 2.24) is 4.98 Å². The van der Waals surface area contributed by atoms with E-state index in [2.05, 4.69) is 36.8 Å². The summed E-state index contributed by atoms with van der Waals surface area (Å²) in [6.45, 7) is 0. The number of pyridine rings is 1. The fraction of sp³-hybridized carbons (Fsp3) is 0. The van der Waals surface area contributed by atoms with Crippen LogP contribution in [0.1, 0.15) is 0 Å². The van der Waals surface area contributed by atoms with Gasteiger partial charge < -0.3 is 5.73 Å². The van der Waals surface area contributed by atoms with Crippen LogP contribution in [0.15, 0.2) is 33.2 Å². The van der Waals surface area contributed by atoms with Crippen LogP contribution in [0, 0.1) is 0 Å². The Balaban J connectivity index is 2.94. The number of hydrogen-bond acceptors (Lipinski definition) is 2. The maximum Gasteiger partial charge on any atom is 0.139 e. The van der Waals surface area contributed by atoms with E-state index in [0.717, 1.165) is 19.8 Å². The molecule has 0 aliphatic heterocycles. The van der Waals surface area contributed by atoms with Crippen LogP contribution < -0.4 is 5.73 Å². The zero-order valence-electron chi connectivity index (χ0n) is 6.59. The van der Waals surface area contributed by atoms with E-state index in [-0.39, 0.29) is 0 Å². The maximum absolute atomic E-state index is 5.70. The minimum absolute atomic E-state index is 0.505. The molecular formula is C9H6Br2N2. The van der Waals surface area contributed by atoms with Crippen molar-refractivity contribution in [3.05, 3.63) is 33.2 Å². The van der Waals surface area contributed by atoms with Gasteiger partial charge >= 0.3 is 0 Å². The van der Waals surface area contributed by atoms with Crippen molar-refractivity contribution in [3.63, 3.8) is 0 Å². The standard InChI is InChI=1S/C9H6Br2N2/c10-7-5-3-1-2-4-6(5)13-9(12)8(7)11/h1-4H,(H2,12,13). The second kappa shape index (κ2) is 3.27. The molecule has 0 amide bonds. The summed E-state index contributed by atoms with van der Waals surface area (Å²) < 4.78 is 1.77. The number of para-hydroxylation sites is 1. The number of rotatable bonds is 0. The number of halogens is 2. The lowest BCUT2D eigenvalue weighted by atomic mass is 10.2. The molecule has 0 radical (unpaired) electrons. The molecule has 1 aromatic heterocycles. The largest absolute Gasteiger partial charge is 0.383 e. The molecule has 2 N–H and O–H groups in total. The first kappa shape index (κ1) is 8.97. The van der Waals surface area contributed by atoms with Gasteiger partial charge in [-0.2, -0.15) is 0 Å². The third kappa shape index (κ3) is 1.44. The lowest BCUT2D eigenvalue weighted by molar-refractivity contribution is 1.38. The molecule has 0 atom stereocenters. The molecule has 1 heterocycles. The van der Waals surface area contributed by atoms with E-state index in [0.29, 0.717) is 5.82 Å². The average Bonchev–Trinajstić information content (AvgIpc) is 2.15. The van der Waals surface area contributed by atoms with Gasteiger partial charge in [-0.15, -0.1) is 0 Å². The molecule has 0 saturated heterocycles. The van der Waals surface area contributed by atoms with Gasteiger partial charge in [0.2, 0.25) is 0 Å². The first-order valence-corrected chi connectivity index (χ1v) is 5.28. The van der Waals surface area contributed by atoms with Gasteiger partial charge in [0.15, 0.2) is 0 Å². The number of nitrogen functional groups attached to an aromatic ring is 1. The van der Waals surface area contributed by atoms with Gasteiger partial charge in [-0.1, -0.05) is 18.2 Å². The molecule has 2 rings (SSSR count). The molecule has 0 unspecified atom stereocenters. The van der Waals surface area contributed by atoms with Crippen LogP contribution in [0.2, 0.25) is 0 Å². The van der Waals surface area contributed by atoms with Gasteiger partial charge in [-0.05, 0) is 37.9 Å². The predicted octanol–water partition coefficient (Wildman–Crippen LogP) is 3.34. The van der Waals surface area contributed by atoms with Crippen LogP contribution in [0.5, 0.6) is 0 Å². The third-order valence-electron chi connectivity index (χ3n) is 1.80. The average molecular weight is 302 g/mol. The molecule has 66 valence electrons. The molecule has 2 nitrogen and oxygen atoms in total. The van der Waals surface area contributed by atoms with E-state index in [9.17, 15) is 0 Å². The zero-order valence-corrected chi connectivity index (χ0v) is 9.76. The van der Waals surface area contributed by atoms with Crippen molar-refractivity contribution in [1.29, 1.82) is 0 Å². The second-order valence-corrected chi connectivity index (χ2v) is 4.23. The van der Waals surface area contributed by atoms with Crippen LogP contribution >= 0.6 is 31.9 Å². The number of fused-ring (bicyclic) bond motifs is 1. The molecule has 13 heavy (non-hydrogen) atoms. The van der Waals surface area contributed by atoms with Crippen LogP contribution in [0.25, 0.3) is 10.9 Å². The molecule has 0 aliphatic carbocycles. The van der Waals surface area contributed by atoms with Crippen molar-refractivity contribution in [2.24, 2.45) is 0 Å². The van der Waals surface area contributed by atoms with Crippen molar-refractivity contribution in [2.45, 2.75) is 0 Å². The first-order valence-electron chi connectivity index (χ1n) is 3.69. The Bertz CT molecular complexity index is 468. The van der Waals surface area contributed by atoms with Gasteiger partial charge in [-0.3, -0.25) is 0 Å². The highest BCUT2D eigenvalue weighted by atomic mass is 79.9. The first-order chi connectivity index (χ1) is 6.20. The van der Waals surface area contributed by atoms with Crippen LogP contribution in [-0.2, 0) is 0 Å². The summed E-state index contributed by atoms with van der Waals surface area (Å²) in [6, 6.07) is 7.84. The number of hydrogen-bond donors (Lipinski definition) is 1. The summed E-state index contributed by atoms with van der Waals surface area (Å²) in [7, 11) is 0. The summed E-state index contributed by atoms with van der Waals surface area (Å²) in [5.41, 5.74) is 6.60. The van der Waals surface area contributed by atoms with E-state index in [1.54, 1.807) is 0 Å². The number of nitrogens with two attached hydrogens (primary N) is 1. The molecule has 0 saturated carbocycles. The highest BCUT2D eigenvalue weighted by Crippen LogP contribution is 2.33. The Hall–Kier alpha value is -0.610. The van der Waals surface area contributed by atoms with Gasteiger partial charge in [0, 0.05) is 9.86 Å². The van der Waals surface area contributed by atoms with Crippen molar-refractivity contribution >= 4 is 48.6 Å². The molecular weight excluding hydrogens is 296 g/mol. The summed E-state index contributed by atoms with van der Waals surface area (Å²) in [4.78, 5) is 4.24. The summed E-state index contributed by atoms with van der Waals surface area (Å²) in [5.74, 6) is 0.505. The SMILES string of the molecule is Nc1nc2ccccc2c(Br)c1Br. The normalized spacial score (nSPS) is 10.6. The Labute approximate surface area is 92.4 Å². The zero-order chi connectivity index (χ0) is 9.42.